The number of carbonyl (C=O) groups excluding carboxylic acids is 1. The van der Waals surface area contributed by atoms with Crippen LogP contribution >= 0.6 is 0 Å². The molecule has 1 aromatic rings. The van der Waals surface area contributed by atoms with E-state index in [1.54, 1.807) is 6.92 Å². The minimum atomic E-state index is -0.456. The van der Waals surface area contributed by atoms with Crippen LogP contribution in [0, 0.1) is 6.92 Å². The number of esters is 1. The molecule has 0 spiro atoms. The number of carbonyl (C=O) groups is 1. The van der Waals surface area contributed by atoms with Gasteiger partial charge in [-0.1, -0.05) is 6.92 Å². The lowest BCUT2D eigenvalue weighted by Crippen LogP contribution is -2.31. The molecule has 0 radical (unpaired) electrons. The summed E-state index contributed by atoms with van der Waals surface area (Å²) < 4.78 is 6.82. The van der Waals surface area contributed by atoms with Crippen molar-refractivity contribution in [2.75, 3.05) is 25.9 Å². The minimum Gasteiger partial charge on any atom is -0.461 e. The van der Waals surface area contributed by atoms with Crippen LogP contribution in [-0.2, 0) is 11.3 Å². The summed E-state index contributed by atoms with van der Waals surface area (Å²) in [6.45, 7) is 9.86. The molecule has 0 aliphatic rings. The molecule has 20 heavy (non-hydrogen) atoms. The molecule has 6 heteroatoms. The molecule has 0 aliphatic heterocycles. The quantitative estimate of drug-likeness (QED) is 0.770. The summed E-state index contributed by atoms with van der Waals surface area (Å²) in [4.78, 5) is 18.2. The Morgan fingerprint density at radius 2 is 2.15 bits per heavy atom. The highest BCUT2D eigenvalue weighted by atomic mass is 16.5. The predicted octanol–water partition coefficient (Wildman–Crippen LogP) is 1.68. The minimum absolute atomic E-state index is 0.218. The van der Waals surface area contributed by atoms with E-state index in [1.165, 1.54) is 0 Å². The summed E-state index contributed by atoms with van der Waals surface area (Å²) in [6, 6.07) is 0.518. The summed E-state index contributed by atoms with van der Waals surface area (Å²) in [5.41, 5.74) is 6.23. The maximum Gasteiger partial charge on any atom is 0.360 e. The first-order chi connectivity index (χ1) is 9.42. The zero-order valence-electron chi connectivity index (χ0n) is 13.1. The van der Waals surface area contributed by atoms with Crippen LogP contribution in [0.2, 0.25) is 0 Å². The summed E-state index contributed by atoms with van der Waals surface area (Å²) in [7, 11) is 2.09. The highest BCUT2D eigenvalue weighted by Gasteiger charge is 2.20. The van der Waals surface area contributed by atoms with Gasteiger partial charge in [0.2, 0.25) is 0 Å². The molecule has 1 atom stereocenters. The van der Waals surface area contributed by atoms with Crippen LogP contribution in [0.15, 0.2) is 0 Å². The summed E-state index contributed by atoms with van der Waals surface area (Å²) in [5.74, 6) is 0.670. The molecule has 2 N–H and O–H groups in total. The number of hydrogen-bond donors (Lipinski definition) is 1. The van der Waals surface area contributed by atoms with Crippen LogP contribution in [-0.4, -0.2) is 46.7 Å². The molecular weight excluding hydrogens is 256 g/mol. The Labute approximate surface area is 120 Å². The number of aromatic nitrogens is 2. The Hall–Kier alpha value is -1.56. The lowest BCUT2D eigenvalue weighted by Gasteiger charge is -2.24. The molecule has 0 saturated carbocycles. The third kappa shape index (κ3) is 3.72. The lowest BCUT2D eigenvalue weighted by atomic mass is 10.2. The smallest absolute Gasteiger partial charge is 0.360 e. The van der Waals surface area contributed by atoms with Gasteiger partial charge in [-0.25, -0.2) is 9.78 Å². The van der Waals surface area contributed by atoms with Gasteiger partial charge < -0.3 is 19.9 Å². The fraction of sp³-hybridized carbons (Fsp3) is 0.714. The number of anilines is 1. The largest absolute Gasteiger partial charge is 0.461 e. The molecule has 0 fully saturated rings. The normalized spacial score (nSPS) is 12.7. The molecule has 0 saturated heterocycles. The van der Waals surface area contributed by atoms with E-state index in [1.807, 2.05) is 11.5 Å². The molecule has 1 rings (SSSR count). The number of ether oxygens (including phenoxy) is 1. The van der Waals surface area contributed by atoms with Crippen LogP contribution in [0.5, 0.6) is 0 Å². The van der Waals surface area contributed by atoms with Gasteiger partial charge in [-0.05, 0) is 34.2 Å². The van der Waals surface area contributed by atoms with Crippen molar-refractivity contribution in [2.45, 2.75) is 46.7 Å². The van der Waals surface area contributed by atoms with E-state index in [-0.39, 0.29) is 5.69 Å². The molecule has 1 heterocycles. The van der Waals surface area contributed by atoms with Gasteiger partial charge in [0.25, 0.3) is 0 Å². The number of aryl methyl sites for hydroxylation is 1. The number of nitrogens with two attached hydrogens (primary N) is 1. The van der Waals surface area contributed by atoms with Crippen LogP contribution in [0.4, 0.5) is 5.82 Å². The van der Waals surface area contributed by atoms with Crippen molar-refractivity contribution in [1.29, 1.82) is 0 Å². The van der Waals surface area contributed by atoms with Crippen molar-refractivity contribution < 1.29 is 9.53 Å². The fourth-order valence-corrected chi connectivity index (χ4v) is 2.00. The SMILES string of the molecule is CCOC(=O)c1nc(C)n(CCN(C)C(C)CC)c1N. The van der Waals surface area contributed by atoms with Crippen molar-refractivity contribution in [3.8, 4) is 0 Å². The van der Waals surface area contributed by atoms with Crippen LogP contribution < -0.4 is 5.73 Å². The first-order valence-electron chi connectivity index (χ1n) is 7.12. The van der Waals surface area contributed by atoms with E-state index in [9.17, 15) is 4.79 Å². The number of nitrogens with zero attached hydrogens (tertiary/aromatic N) is 3. The predicted molar refractivity (Wildman–Crippen MR) is 79.7 cm³/mol. The Morgan fingerprint density at radius 1 is 1.50 bits per heavy atom. The lowest BCUT2D eigenvalue weighted by molar-refractivity contribution is 0.0521. The third-order valence-electron chi connectivity index (χ3n) is 3.69. The molecule has 0 bridgehead atoms. The fourth-order valence-electron chi connectivity index (χ4n) is 2.00. The first-order valence-corrected chi connectivity index (χ1v) is 7.12. The zero-order chi connectivity index (χ0) is 15.3. The monoisotopic (exact) mass is 282 g/mol. The van der Waals surface area contributed by atoms with Gasteiger partial charge in [0.1, 0.15) is 11.6 Å². The summed E-state index contributed by atoms with van der Waals surface area (Å²) in [5, 5.41) is 0. The standard InChI is InChI=1S/C14H26N4O2/c1-6-10(3)17(5)8-9-18-11(4)16-12(13(18)15)14(19)20-7-2/h10H,6-9,15H2,1-5H3. The molecule has 0 aromatic carbocycles. The van der Waals surface area contributed by atoms with E-state index in [2.05, 4.69) is 30.8 Å². The number of likely N-dealkylation sites (N-methyl/N-ethyl adjacent to an activating group) is 1. The van der Waals surface area contributed by atoms with E-state index in [0.29, 0.717) is 25.0 Å². The average Bonchev–Trinajstić information content (AvgIpc) is 2.71. The van der Waals surface area contributed by atoms with Crippen molar-refractivity contribution in [3.05, 3.63) is 11.5 Å². The maximum atomic E-state index is 11.7. The van der Waals surface area contributed by atoms with Crippen molar-refractivity contribution >= 4 is 11.8 Å². The first kappa shape index (κ1) is 16.5. The molecule has 6 nitrogen and oxygen atoms in total. The molecule has 0 aliphatic carbocycles. The molecule has 1 unspecified atom stereocenters. The van der Waals surface area contributed by atoms with Gasteiger partial charge in [0.05, 0.1) is 6.61 Å². The third-order valence-corrected chi connectivity index (χ3v) is 3.69. The number of imidazole rings is 1. The topological polar surface area (TPSA) is 73.4 Å². The van der Waals surface area contributed by atoms with Crippen molar-refractivity contribution in [1.82, 2.24) is 14.5 Å². The Morgan fingerprint density at radius 3 is 2.70 bits per heavy atom. The summed E-state index contributed by atoms with van der Waals surface area (Å²) >= 11 is 0. The number of nitrogen functional groups attached to an aromatic ring is 1. The van der Waals surface area contributed by atoms with Crippen LogP contribution in [0.25, 0.3) is 0 Å². The molecular formula is C14H26N4O2. The van der Waals surface area contributed by atoms with Gasteiger partial charge in [-0.2, -0.15) is 0 Å². The van der Waals surface area contributed by atoms with Crippen molar-refractivity contribution in [2.24, 2.45) is 0 Å². The Balaban J connectivity index is 2.79. The van der Waals surface area contributed by atoms with Gasteiger partial charge in [-0.3, -0.25) is 0 Å². The molecule has 1 aromatic heterocycles. The van der Waals surface area contributed by atoms with E-state index in [4.69, 9.17) is 10.5 Å². The maximum absolute atomic E-state index is 11.7. The second kappa shape index (κ2) is 7.28. The van der Waals surface area contributed by atoms with E-state index < -0.39 is 5.97 Å². The van der Waals surface area contributed by atoms with Gasteiger partial charge in [0, 0.05) is 19.1 Å². The van der Waals surface area contributed by atoms with Crippen LogP contribution in [0.1, 0.15) is 43.5 Å². The number of hydrogen-bond acceptors (Lipinski definition) is 5. The van der Waals surface area contributed by atoms with Gasteiger partial charge in [0.15, 0.2) is 5.69 Å². The van der Waals surface area contributed by atoms with Crippen LogP contribution in [0.3, 0.4) is 0 Å². The highest BCUT2D eigenvalue weighted by Crippen LogP contribution is 2.15. The summed E-state index contributed by atoms with van der Waals surface area (Å²) in [6.07, 6.45) is 1.10. The van der Waals surface area contributed by atoms with E-state index >= 15 is 0 Å². The molecule has 0 amide bonds. The van der Waals surface area contributed by atoms with E-state index in [0.717, 1.165) is 18.8 Å². The van der Waals surface area contributed by atoms with Gasteiger partial charge >= 0.3 is 5.97 Å². The second-order valence-electron chi connectivity index (χ2n) is 5.00. The number of rotatable bonds is 7. The van der Waals surface area contributed by atoms with Gasteiger partial charge in [-0.15, -0.1) is 0 Å². The second-order valence-corrected chi connectivity index (χ2v) is 5.00. The molecule has 114 valence electrons. The average molecular weight is 282 g/mol. The highest BCUT2D eigenvalue weighted by molar-refractivity contribution is 5.92. The Bertz CT molecular complexity index is 456. The Kier molecular flexibility index (Phi) is 6.01. The van der Waals surface area contributed by atoms with Crippen molar-refractivity contribution in [3.63, 3.8) is 0 Å². The zero-order valence-corrected chi connectivity index (χ0v) is 13.1.